The van der Waals surface area contributed by atoms with Crippen LogP contribution in [-0.2, 0) is 27.4 Å². The Kier molecular flexibility index (Phi) is 7.77. The molecule has 0 radical (unpaired) electrons. The van der Waals surface area contributed by atoms with Crippen molar-refractivity contribution < 1.29 is 24.2 Å². The van der Waals surface area contributed by atoms with Crippen LogP contribution < -0.4 is 5.32 Å². The van der Waals surface area contributed by atoms with Gasteiger partial charge in [0.15, 0.2) is 0 Å². The molecule has 2 aromatic carbocycles. The van der Waals surface area contributed by atoms with Gasteiger partial charge in [0.1, 0.15) is 12.1 Å². The minimum atomic E-state index is -1.67. The van der Waals surface area contributed by atoms with Crippen LogP contribution in [0, 0.1) is 0 Å². The third-order valence-electron chi connectivity index (χ3n) is 4.58. The second-order valence-corrected chi connectivity index (χ2v) is 7.02. The van der Waals surface area contributed by atoms with Crippen molar-refractivity contribution in [1.29, 1.82) is 0 Å². The molecule has 0 unspecified atom stereocenters. The Labute approximate surface area is 170 Å². The van der Waals surface area contributed by atoms with Gasteiger partial charge in [-0.2, -0.15) is 0 Å². The molecular formula is C22H26N2O5. The van der Waals surface area contributed by atoms with Crippen LogP contribution in [0.1, 0.15) is 24.0 Å². The number of carboxylic acid groups (broad SMARTS) is 1. The van der Waals surface area contributed by atoms with Gasteiger partial charge >= 0.3 is 12.1 Å². The quantitative estimate of drug-likeness (QED) is 0.677. The average molecular weight is 398 g/mol. The van der Waals surface area contributed by atoms with Gasteiger partial charge in [0.25, 0.3) is 0 Å². The number of benzene rings is 2. The largest absolute Gasteiger partial charge is 0.479 e. The molecule has 0 aliphatic heterocycles. The number of carboxylic acids is 1. The molecule has 7 heteroatoms. The molecule has 0 saturated carbocycles. The molecule has 0 saturated heterocycles. The van der Waals surface area contributed by atoms with Crippen molar-refractivity contribution in [3.8, 4) is 0 Å². The first-order valence-electron chi connectivity index (χ1n) is 9.29. The number of nitrogens with one attached hydrogen (secondary N) is 1. The van der Waals surface area contributed by atoms with E-state index in [0.29, 0.717) is 0 Å². The summed E-state index contributed by atoms with van der Waals surface area (Å²) in [4.78, 5) is 38.1. The van der Waals surface area contributed by atoms with E-state index in [2.05, 4.69) is 5.32 Å². The summed E-state index contributed by atoms with van der Waals surface area (Å²) in [5, 5.41) is 12.5. The highest BCUT2D eigenvalue weighted by Crippen LogP contribution is 2.21. The molecule has 154 valence electrons. The van der Waals surface area contributed by atoms with Gasteiger partial charge in [0, 0.05) is 26.9 Å². The van der Waals surface area contributed by atoms with Crippen molar-refractivity contribution >= 4 is 18.0 Å². The molecule has 2 amide bonds. The highest BCUT2D eigenvalue weighted by Gasteiger charge is 2.41. The van der Waals surface area contributed by atoms with Gasteiger partial charge in [0.2, 0.25) is 5.91 Å². The lowest BCUT2D eigenvalue weighted by molar-refractivity contribution is -0.145. The smallest absolute Gasteiger partial charge is 0.408 e. The number of alkyl carbamates (subject to hydrolysis) is 1. The normalized spacial score (nSPS) is 12.5. The predicted octanol–water partition coefficient (Wildman–Crippen LogP) is 2.85. The zero-order valence-corrected chi connectivity index (χ0v) is 16.6. The molecule has 0 spiro atoms. The van der Waals surface area contributed by atoms with E-state index in [9.17, 15) is 19.5 Å². The zero-order valence-electron chi connectivity index (χ0n) is 16.6. The van der Waals surface area contributed by atoms with Gasteiger partial charge in [-0.25, -0.2) is 9.59 Å². The number of carbonyl (C=O) groups excluding carboxylic acids is 2. The molecule has 1 atom stereocenters. The maximum Gasteiger partial charge on any atom is 0.408 e. The Hall–Kier alpha value is -3.35. The Morgan fingerprint density at radius 1 is 0.966 bits per heavy atom. The van der Waals surface area contributed by atoms with Gasteiger partial charge in [-0.3, -0.25) is 4.79 Å². The lowest BCUT2D eigenvalue weighted by Crippen LogP contribution is -2.56. The van der Waals surface area contributed by atoms with Crippen LogP contribution in [0.3, 0.4) is 0 Å². The summed E-state index contributed by atoms with van der Waals surface area (Å²) in [6.45, 7) is 0.0182. The van der Waals surface area contributed by atoms with Crippen LogP contribution in [0.5, 0.6) is 0 Å². The first-order valence-corrected chi connectivity index (χ1v) is 9.29. The van der Waals surface area contributed by atoms with Crippen molar-refractivity contribution in [3.63, 3.8) is 0 Å². The molecule has 0 aliphatic rings. The van der Waals surface area contributed by atoms with E-state index in [1.54, 1.807) is 50.5 Å². The summed E-state index contributed by atoms with van der Waals surface area (Å²) >= 11 is 0. The predicted molar refractivity (Wildman–Crippen MR) is 108 cm³/mol. The van der Waals surface area contributed by atoms with Crippen LogP contribution in [0.2, 0.25) is 0 Å². The number of hydrogen-bond donors (Lipinski definition) is 2. The highest BCUT2D eigenvalue weighted by molar-refractivity contribution is 5.86. The molecule has 7 nitrogen and oxygen atoms in total. The first kappa shape index (κ1) is 21.9. The molecule has 0 heterocycles. The maximum absolute atomic E-state index is 12.4. The van der Waals surface area contributed by atoms with E-state index < -0.39 is 17.6 Å². The van der Waals surface area contributed by atoms with Gasteiger partial charge in [-0.15, -0.1) is 0 Å². The number of rotatable bonds is 9. The van der Waals surface area contributed by atoms with E-state index in [0.717, 1.165) is 11.1 Å². The van der Waals surface area contributed by atoms with Crippen molar-refractivity contribution in [2.24, 2.45) is 0 Å². The summed E-state index contributed by atoms with van der Waals surface area (Å²) in [6, 6.07) is 18.1. The third kappa shape index (κ3) is 6.64. The fraction of sp³-hybridized carbons (Fsp3) is 0.318. The maximum atomic E-state index is 12.4. The summed E-state index contributed by atoms with van der Waals surface area (Å²) < 4.78 is 5.22. The Morgan fingerprint density at radius 3 is 2.03 bits per heavy atom. The van der Waals surface area contributed by atoms with Crippen LogP contribution in [-0.4, -0.2) is 47.6 Å². The topological polar surface area (TPSA) is 95.9 Å². The zero-order chi connectivity index (χ0) is 21.3. The van der Waals surface area contributed by atoms with E-state index in [1.165, 1.54) is 4.90 Å². The van der Waals surface area contributed by atoms with Gasteiger partial charge in [-0.05, 0) is 17.5 Å². The number of ether oxygens (including phenoxy) is 1. The number of hydrogen-bond acceptors (Lipinski definition) is 4. The lowest BCUT2D eigenvalue weighted by atomic mass is 9.86. The summed E-state index contributed by atoms with van der Waals surface area (Å²) in [5.74, 6) is -1.44. The first-order chi connectivity index (χ1) is 13.8. The second kappa shape index (κ2) is 10.3. The molecule has 0 aromatic heterocycles. The van der Waals surface area contributed by atoms with Crippen LogP contribution in [0.25, 0.3) is 0 Å². The molecule has 2 N–H and O–H groups in total. The Morgan fingerprint density at radius 2 is 1.52 bits per heavy atom. The van der Waals surface area contributed by atoms with Crippen LogP contribution >= 0.6 is 0 Å². The Balaban J connectivity index is 2.17. The van der Waals surface area contributed by atoms with E-state index >= 15 is 0 Å². The molecule has 2 aromatic rings. The van der Waals surface area contributed by atoms with Crippen molar-refractivity contribution in [2.45, 2.75) is 31.4 Å². The molecule has 2 rings (SSSR count). The van der Waals surface area contributed by atoms with Crippen LogP contribution in [0.4, 0.5) is 4.79 Å². The second-order valence-electron chi connectivity index (χ2n) is 7.02. The summed E-state index contributed by atoms with van der Waals surface area (Å²) in [6.07, 6.45) is -0.895. The molecule has 0 aliphatic carbocycles. The standard InChI is InChI=1S/C22H26N2O5/c1-24(2)19(25)13-14-22(20(26)27,15-17-9-5-3-6-10-17)23-21(28)29-16-18-11-7-4-8-12-18/h3-12H,13-16H2,1-2H3,(H,23,28)(H,26,27)/t22-/m1/s1. The minimum absolute atomic E-state index is 0.0182. The van der Waals surface area contributed by atoms with Gasteiger partial charge in [0.05, 0.1) is 0 Å². The number of carbonyl (C=O) groups is 3. The fourth-order valence-electron chi connectivity index (χ4n) is 2.87. The molecule has 0 fully saturated rings. The Bertz CT molecular complexity index is 824. The number of aliphatic carboxylic acids is 1. The average Bonchev–Trinajstić information content (AvgIpc) is 2.71. The SMILES string of the molecule is CN(C)C(=O)CC[C@](Cc1ccccc1)(NC(=O)OCc1ccccc1)C(=O)O. The van der Waals surface area contributed by atoms with Crippen molar-refractivity contribution in [2.75, 3.05) is 14.1 Å². The van der Waals surface area contributed by atoms with Gasteiger partial charge in [-0.1, -0.05) is 60.7 Å². The minimum Gasteiger partial charge on any atom is -0.479 e. The summed E-state index contributed by atoms with van der Waals surface area (Å²) in [7, 11) is 3.20. The monoisotopic (exact) mass is 398 g/mol. The van der Waals surface area contributed by atoms with E-state index in [1.807, 2.05) is 24.3 Å². The van der Waals surface area contributed by atoms with E-state index in [-0.39, 0.29) is 31.8 Å². The molecule has 0 bridgehead atoms. The van der Waals surface area contributed by atoms with Crippen molar-refractivity contribution in [3.05, 3.63) is 71.8 Å². The molecule has 29 heavy (non-hydrogen) atoms. The number of nitrogens with zero attached hydrogens (tertiary/aromatic N) is 1. The number of amides is 2. The molecular weight excluding hydrogens is 372 g/mol. The third-order valence-corrected chi connectivity index (χ3v) is 4.58. The van der Waals surface area contributed by atoms with Crippen molar-refractivity contribution in [1.82, 2.24) is 10.2 Å². The fourth-order valence-corrected chi connectivity index (χ4v) is 2.87. The highest BCUT2D eigenvalue weighted by atomic mass is 16.5. The summed E-state index contributed by atoms with van der Waals surface area (Å²) in [5.41, 5.74) is -0.147. The van der Waals surface area contributed by atoms with E-state index in [4.69, 9.17) is 4.74 Å². The van der Waals surface area contributed by atoms with Gasteiger partial charge < -0.3 is 20.1 Å². The van der Waals surface area contributed by atoms with Crippen LogP contribution in [0.15, 0.2) is 60.7 Å². The lowest BCUT2D eigenvalue weighted by Gasteiger charge is -2.30.